The van der Waals surface area contributed by atoms with Crippen LogP contribution in [0, 0.1) is 6.92 Å². The smallest absolute Gasteiger partial charge is 0.219 e. The number of halogens is 1. The number of phenols is 1. The van der Waals surface area contributed by atoms with E-state index in [9.17, 15) is 9.90 Å². The predicted octanol–water partition coefficient (Wildman–Crippen LogP) is 4.22. The van der Waals surface area contributed by atoms with Gasteiger partial charge < -0.3 is 24.8 Å². The first kappa shape index (κ1) is 24.1. The van der Waals surface area contributed by atoms with Gasteiger partial charge in [-0.1, -0.05) is 11.6 Å². The first-order valence-corrected chi connectivity index (χ1v) is 11.7. The fourth-order valence-electron chi connectivity index (χ4n) is 4.31. The number of amides is 1. The molecule has 1 fully saturated rings. The summed E-state index contributed by atoms with van der Waals surface area (Å²) in [5.74, 6) is 1.40. The van der Waals surface area contributed by atoms with Gasteiger partial charge in [0.05, 0.1) is 18.5 Å². The summed E-state index contributed by atoms with van der Waals surface area (Å²) in [4.78, 5) is 13.6. The number of fused-ring (bicyclic) bond motifs is 1. The third-order valence-electron chi connectivity index (χ3n) is 6.23. The summed E-state index contributed by atoms with van der Waals surface area (Å²) in [6.45, 7) is 4.73. The molecule has 0 bridgehead atoms. The topological polar surface area (TPSA) is 95.4 Å². The number of aryl methyl sites for hydroxylation is 1. The number of hydrogen-bond acceptors (Lipinski definition) is 6. The van der Waals surface area contributed by atoms with Gasteiger partial charge in [-0.25, -0.2) is 0 Å². The van der Waals surface area contributed by atoms with Gasteiger partial charge in [-0.2, -0.15) is 5.10 Å². The maximum absolute atomic E-state index is 11.8. The van der Waals surface area contributed by atoms with Crippen LogP contribution in [0.4, 0.5) is 5.69 Å². The minimum absolute atomic E-state index is 0.0656. The fraction of sp³-hybridized carbons (Fsp3) is 0.375. The molecule has 2 heterocycles. The molecule has 3 N–H and O–H groups in total. The van der Waals surface area contributed by atoms with Crippen molar-refractivity contribution in [1.82, 2.24) is 10.3 Å². The Morgan fingerprint density at radius 2 is 2.03 bits per heavy atom. The van der Waals surface area contributed by atoms with Gasteiger partial charge in [-0.15, -0.1) is 0 Å². The standard InChI is InChI=1S/C24H27ClN4O4S/c1-14-10-19(22(32-3)12-18(14)25)26-23(34)28-27-20-13-24(6-8-29(9-7-24)15(2)30)33-21-5-4-16(31)11-17(20)21/h4-5,10-12,31H,6-9,13H2,1-3H3,(H2,26,28,34)/b27-20+. The lowest BCUT2D eigenvalue weighted by Crippen LogP contribution is -2.52. The molecule has 0 saturated carbocycles. The van der Waals surface area contributed by atoms with E-state index in [4.69, 9.17) is 33.3 Å². The molecule has 4 rings (SSSR count). The van der Waals surface area contributed by atoms with E-state index in [1.807, 2.05) is 17.9 Å². The number of nitrogens with zero attached hydrogens (tertiary/aromatic N) is 2. The number of thiocarbonyl (C=S) groups is 1. The quantitative estimate of drug-likeness (QED) is 0.427. The average molecular weight is 503 g/mol. The van der Waals surface area contributed by atoms with E-state index in [0.717, 1.165) is 11.3 Å². The number of likely N-dealkylation sites (tertiary alicyclic amines) is 1. The molecule has 0 unspecified atom stereocenters. The largest absolute Gasteiger partial charge is 0.508 e. The number of benzene rings is 2. The van der Waals surface area contributed by atoms with Gasteiger partial charge in [0, 0.05) is 55.9 Å². The van der Waals surface area contributed by atoms with Crippen LogP contribution in [-0.2, 0) is 4.79 Å². The second-order valence-electron chi connectivity index (χ2n) is 8.57. The second kappa shape index (κ2) is 9.68. The Morgan fingerprint density at radius 1 is 1.29 bits per heavy atom. The van der Waals surface area contributed by atoms with Crippen molar-refractivity contribution in [2.24, 2.45) is 5.10 Å². The van der Waals surface area contributed by atoms with Crippen LogP contribution in [0.5, 0.6) is 17.2 Å². The summed E-state index contributed by atoms with van der Waals surface area (Å²) < 4.78 is 11.8. The zero-order valence-corrected chi connectivity index (χ0v) is 20.8. The van der Waals surface area contributed by atoms with Gasteiger partial charge in [0.25, 0.3) is 0 Å². The van der Waals surface area contributed by atoms with Crippen molar-refractivity contribution in [2.75, 3.05) is 25.5 Å². The van der Waals surface area contributed by atoms with Crippen molar-refractivity contribution in [2.45, 2.75) is 38.7 Å². The highest BCUT2D eigenvalue weighted by Crippen LogP contribution is 2.40. The number of carbonyl (C=O) groups is 1. The lowest BCUT2D eigenvalue weighted by molar-refractivity contribution is -0.132. The Kier molecular flexibility index (Phi) is 6.86. The van der Waals surface area contributed by atoms with Crippen LogP contribution in [-0.4, -0.2) is 52.5 Å². The lowest BCUT2D eigenvalue weighted by Gasteiger charge is -2.44. The maximum atomic E-state index is 11.8. The Labute approximate surface area is 208 Å². The van der Waals surface area contributed by atoms with Crippen LogP contribution in [0.1, 0.15) is 37.3 Å². The molecule has 2 aromatic carbocycles. The molecule has 1 amide bonds. The zero-order chi connectivity index (χ0) is 24.5. The van der Waals surface area contributed by atoms with E-state index in [0.29, 0.717) is 60.1 Å². The summed E-state index contributed by atoms with van der Waals surface area (Å²) in [6, 6.07) is 8.55. The molecular formula is C24H27ClN4O4S. The zero-order valence-electron chi connectivity index (χ0n) is 19.3. The van der Waals surface area contributed by atoms with Crippen molar-refractivity contribution in [3.05, 3.63) is 46.5 Å². The SMILES string of the molecule is COc1cc(Cl)c(C)cc1NC(=S)N/N=C1\CC2(CCN(C(C)=O)CC2)Oc2ccc(O)cc21. The molecule has 0 aliphatic carbocycles. The molecule has 0 radical (unpaired) electrons. The Bertz CT molecular complexity index is 1160. The second-order valence-corrected chi connectivity index (χ2v) is 9.39. The van der Waals surface area contributed by atoms with E-state index < -0.39 is 5.60 Å². The Hall–Kier alpha value is -3.04. The predicted molar refractivity (Wildman–Crippen MR) is 136 cm³/mol. The molecule has 1 spiro atoms. The first-order chi connectivity index (χ1) is 16.2. The van der Waals surface area contributed by atoms with E-state index in [1.165, 1.54) is 0 Å². The number of nitrogens with one attached hydrogen (secondary N) is 2. The third-order valence-corrected chi connectivity index (χ3v) is 6.83. The van der Waals surface area contributed by atoms with E-state index in [1.54, 1.807) is 38.3 Å². The number of carbonyl (C=O) groups excluding carboxylic acids is 1. The monoisotopic (exact) mass is 502 g/mol. The van der Waals surface area contributed by atoms with Gasteiger partial charge >= 0.3 is 0 Å². The van der Waals surface area contributed by atoms with Crippen molar-refractivity contribution in [1.29, 1.82) is 0 Å². The van der Waals surface area contributed by atoms with Gasteiger partial charge in [0.1, 0.15) is 22.8 Å². The number of anilines is 1. The summed E-state index contributed by atoms with van der Waals surface area (Å²) in [6.07, 6.45) is 1.90. The van der Waals surface area contributed by atoms with Crippen LogP contribution in [0.2, 0.25) is 5.02 Å². The van der Waals surface area contributed by atoms with Gasteiger partial charge in [0.15, 0.2) is 5.11 Å². The average Bonchev–Trinajstić information content (AvgIpc) is 2.80. The Balaban J connectivity index is 1.56. The molecule has 34 heavy (non-hydrogen) atoms. The van der Waals surface area contributed by atoms with E-state index in [2.05, 4.69) is 15.8 Å². The molecule has 8 nitrogen and oxygen atoms in total. The molecular weight excluding hydrogens is 476 g/mol. The van der Waals surface area contributed by atoms with Crippen molar-refractivity contribution in [3.8, 4) is 17.2 Å². The number of methoxy groups -OCH3 is 1. The number of phenolic OH excluding ortho intramolecular Hbond substituents is 1. The molecule has 180 valence electrons. The molecule has 2 aliphatic rings. The van der Waals surface area contributed by atoms with Crippen molar-refractivity contribution < 1.29 is 19.4 Å². The minimum Gasteiger partial charge on any atom is -0.508 e. The van der Waals surface area contributed by atoms with Crippen LogP contribution in [0.15, 0.2) is 35.4 Å². The molecule has 0 aromatic heterocycles. The van der Waals surface area contributed by atoms with Gasteiger partial charge in [-0.05, 0) is 49.0 Å². The molecule has 0 atom stereocenters. The van der Waals surface area contributed by atoms with Crippen LogP contribution in [0.25, 0.3) is 0 Å². The van der Waals surface area contributed by atoms with Crippen molar-refractivity contribution in [3.63, 3.8) is 0 Å². The summed E-state index contributed by atoms with van der Waals surface area (Å²) >= 11 is 11.7. The summed E-state index contributed by atoms with van der Waals surface area (Å²) in [7, 11) is 1.56. The van der Waals surface area contributed by atoms with Crippen molar-refractivity contribution >= 4 is 46.2 Å². The van der Waals surface area contributed by atoms with Crippen LogP contribution >= 0.6 is 23.8 Å². The number of rotatable bonds is 3. The van der Waals surface area contributed by atoms with Gasteiger partial charge in [0.2, 0.25) is 5.91 Å². The highest BCUT2D eigenvalue weighted by atomic mass is 35.5. The number of piperidine rings is 1. The molecule has 1 saturated heterocycles. The van der Waals surface area contributed by atoms with E-state index >= 15 is 0 Å². The number of aromatic hydroxyl groups is 1. The van der Waals surface area contributed by atoms with E-state index in [-0.39, 0.29) is 16.8 Å². The lowest BCUT2D eigenvalue weighted by atomic mass is 9.82. The molecule has 10 heteroatoms. The first-order valence-electron chi connectivity index (χ1n) is 11.0. The maximum Gasteiger partial charge on any atom is 0.219 e. The summed E-state index contributed by atoms with van der Waals surface area (Å²) in [5.41, 5.74) is 5.41. The third kappa shape index (κ3) is 5.05. The molecule has 2 aromatic rings. The normalized spacial score (nSPS) is 17.6. The molecule has 2 aliphatic heterocycles. The van der Waals surface area contributed by atoms with Gasteiger partial charge in [-0.3, -0.25) is 10.2 Å². The Morgan fingerprint density at radius 3 is 2.71 bits per heavy atom. The summed E-state index contributed by atoms with van der Waals surface area (Å²) in [5, 5.41) is 18.6. The number of ether oxygens (including phenoxy) is 2. The fourth-order valence-corrected chi connectivity index (χ4v) is 4.62. The number of hydrazone groups is 1. The minimum atomic E-state index is -0.470. The highest BCUT2D eigenvalue weighted by molar-refractivity contribution is 7.80. The highest BCUT2D eigenvalue weighted by Gasteiger charge is 2.42. The van der Waals surface area contributed by atoms with Crippen LogP contribution in [0.3, 0.4) is 0 Å². The number of hydrogen-bond donors (Lipinski definition) is 3. The van der Waals surface area contributed by atoms with Crippen LogP contribution < -0.4 is 20.2 Å².